The van der Waals surface area contributed by atoms with Crippen LogP contribution in [0.15, 0.2) is 30.5 Å². The van der Waals surface area contributed by atoms with Crippen molar-refractivity contribution in [1.82, 2.24) is 4.98 Å². The lowest BCUT2D eigenvalue weighted by Gasteiger charge is -1.92. The average molecular weight is 177 g/mol. The molecule has 0 aliphatic rings. The van der Waals surface area contributed by atoms with Crippen molar-refractivity contribution in [1.29, 1.82) is 0 Å². The van der Waals surface area contributed by atoms with Crippen LogP contribution in [0.5, 0.6) is 0 Å². The van der Waals surface area contributed by atoms with E-state index in [1.165, 1.54) is 7.11 Å². The third kappa shape index (κ3) is 3.51. The Kier molecular flexibility index (Phi) is 3.70. The first-order chi connectivity index (χ1) is 6.33. The molecule has 0 fully saturated rings. The van der Waals surface area contributed by atoms with Crippen LogP contribution in [0.1, 0.15) is 12.1 Å². The van der Waals surface area contributed by atoms with Crippen LogP contribution < -0.4 is 0 Å². The normalized spacial score (nSPS) is 10.2. The van der Waals surface area contributed by atoms with Gasteiger partial charge in [-0.25, -0.2) is 0 Å². The summed E-state index contributed by atoms with van der Waals surface area (Å²) in [7, 11) is 1.37. The summed E-state index contributed by atoms with van der Waals surface area (Å²) in [4.78, 5) is 14.8. The van der Waals surface area contributed by atoms with Crippen molar-refractivity contribution in [3.8, 4) is 0 Å². The molecule has 0 spiro atoms. The lowest BCUT2D eigenvalue weighted by molar-refractivity contribution is -0.139. The predicted octanol–water partition coefficient (Wildman–Crippen LogP) is 1.66. The second-order valence-electron chi connectivity index (χ2n) is 2.44. The number of methoxy groups -OCH3 is 1. The smallest absolute Gasteiger partial charge is 0.309 e. The lowest BCUT2D eigenvalue weighted by atomic mass is 10.3. The number of aromatic nitrogens is 1. The van der Waals surface area contributed by atoms with Crippen LogP contribution in [0.4, 0.5) is 0 Å². The van der Waals surface area contributed by atoms with E-state index in [4.69, 9.17) is 0 Å². The highest BCUT2D eigenvalue weighted by Crippen LogP contribution is 1.97. The van der Waals surface area contributed by atoms with E-state index in [-0.39, 0.29) is 12.4 Å². The van der Waals surface area contributed by atoms with E-state index in [2.05, 4.69) is 9.72 Å². The van der Waals surface area contributed by atoms with Crippen LogP contribution in [0, 0.1) is 0 Å². The van der Waals surface area contributed by atoms with Crippen LogP contribution in [-0.4, -0.2) is 18.1 Å². The highest BCUT2D eigenvalue weighted by molar-refractivity contribution is 5.72. The van der Waals surface area contributed by atoms with Crippen molar-refractivity contribution >= 4 is 12.0 Å². The van der Waals surface area contributed by atoms with Crippen molar-refractivity contribution < 1.29 is 9.53 Å². The molecule has 0 radical (unpaired) electrons. The molecule has 1 rings (SSSR count). The minimum Gasteiger partial charge on any atom is -0.469 e. The number of carbonyl (C=O) groups is 1. The van der Waals surface area contributed by atoms with Crippen LogP contribution in [0.2, 0.25) is 0 Å². The van der Waals surface area contributed by atoms with E-state index in [1.54, 1.807) is 18.3 Å². The summed E-state index contributed by atoms with van der Waals surface area (Å²) in [5.41, 5.74) is 0.839. The summed E-state index contributed by atoms with van der Waals surface area (Å²) in [6, 6.07) is 5.61. The van der Waals surface area contributed by atoms with Gasteiger partial charge in [0.1, 0.15) is 0 Å². The first-order valence-electron chi connectivity index (χ1n) is 3.97. The Labute approximate surface area is 77.1 Å². The van der Waals surface area contributed by atoms with Gasteiger partial charge in [0.2, 0.25) is 0 Å². The fourth-order valence-electron chi connectivity index (χ4n) is 0.834. The van der Waals surface area contributed by atoms with Crippen molar-refractivity contribution in [3.05, 3.63) is 36.2 Å². The standard InChI is InChI=1S/C10H11NO2/c1-13-10(12)7-4-6-9-5-2-3-8-11-9/h2-6,8H,7H2,1H3. The Hall–Kier alpha value is -1.64. The molecule has 0 saturated carbocycles. The van der Waals surface area contributed by atoms with Crippen LogP contribution in [0.25, 0.3) is 6.08 Å². The van der Waals surface area contributed by atoms with E-state index in [0.717, 1.165) is 5.69 Å². The Balaban J connectivity index is 2.45. The van der Waals surface area contributed by atoms with Gasteiger partial charge < -0.3 is 4.74 Å². The second-order valence-corrected chi connectivity index (χ2v) is 2.44. The number of nitrogens with zero attached hydrogens (tertiary/aromatic N) is 1. The fraction of sp³-hybridized carbons (Fsp3) is 0.200. The van der Waals surface area contributed by atoms with Gasteiger partial charge in [-0.1, -0.05) is 12.1 Å². The minimum atomic E-state index is -0.243. The summed E-state index contributed by atoms with van der Waals surface area (Å²) in [6.45, 7) is 0. The molecule has 0 bridgehead atoms. The molecule has 68 valence electrons. The molecule has 0 atom stereocenters. The van der Waals surface area contributed by atoms with Crippen LogP contribution >= 0.6 is 0 Å². The van der Waals surface area contributed by atoms with Gasteiger partial charge in [-0.05, 0) is 18.2 Å². The molecule has 1 heterocycles. The van der Waals surface area contributed by atoms with Gasteiger partial charge >= 0.3 is 5.97 Å². The molecule has 0 aromatic carbocycles. The molecular weight excluding hydrogens is 166 g/mol. The van der Waals surface area contributed by atoms with Gasteiger partial charge in [0.15, 0.2) is 0 Å². The molecule has 13 heavy (non-hydrogen) atoms. The predicted molar refractivity (Wildman–Crippen MR) is 49.9 cm³/mol. The van der Waals surface area contributed by atoms with Crippen LogP contribution in [0.3, 0.4) is 0 Å². The summed E-state index contributed by atoms with van der Waals surface area (Å²) < 4.78 is 4.48. The summed E-state index contributed by atoms with van der Waals surface area (Å²) in [5, 5.41) is 0. The Bertz CT molecular complexity index is 293. The van der Waals surface area contributed by atoms with Crippen LogP contribution in [-0.2, 0) is 9.53 Å². The molecule has 0 aliphatic carbocycles. The van der Waals surface area contributed by atoms with Crippen molar-refractivity contribution in [2.24, 2.45) is 0 Å². The quantitative estimate of drug-likeness (QED) is 0.659. The van der Waals surface area contributed by atoms with E-state index in [1.807, 2.05) is 18.2 Å². The summed E-state index contributed by atoms with van der Waals surface area (Å²) in [5.74, 6) is -0.243. The highest BCUT2D eigenvalue weighted by atomic mass is 16.5. The molecular formula is C10H11NO2. The van der Waals surface area contributed by atoms with Gasteiger partial charge in [-0.2, -0.15) is 0 Å². The number of rotatable bonds is 3. The Morgan fingerprint density at radius 2 is 2.46 bits per heavy atom. The SMILES string of the molecule is COC(=O)CC=Cc1ccccn1. The van der Waals surface area contributed by atoms with E-state index >= 15 is 0 Å². The Morgan fingerprint density at radius 3 is 3.08 bits per heavy atom. The molecule has 0 N–H and O–H groups in total. The zero-order valence-electron chi connectivity index (χ0n) is 7.43. The third-order valence-corrected chi connectivity index (χ3v) is 1.49. The van der Waals surface area contributed by atoms with Crippen molar-refractivity contribution in [2.75, 3.05) is 7.11 Å². The summed E-state index contributed by atoms with van der Waals surface area (Å²) in [6.07, 6.45) is 5.51. The number of esters is 1. The fourth-order valence-corrected chi connectivity index (χ4v) is 0.834. The molecule has 0 amide bonds. The molecule has 3 nitrogen and oxygen atoms in total. The van der Waals surface area contributed by atoms with Gasteiger partial charge in [0, 0.05) is 6.20 Å². The molecule has 3 heteroatoms. The number of ether oxygens (including phenoxy) is 1. The highest BCUT2D eigenvalue weighted by Gasteiger charge is 1.93. The maximum atomic E-state index is 10.7. The van der Waals surface area contributed by atoms with Gasteiger partial charge in [0.05, 0.1) is 19.2 Å². The molecule has 0 unspecified atom stereocenters. The largest absolute Gasteiger partial charge is 0.469 e. The second kappa shape index (κ2) is 5.09. The first-order valence-corrected chi connectivity index (χ1v) is 3.97. The number of hydrogen-bond acceptors (Lipinski definition) is 3. The third-order valence-electron chi connectivity index (χ3n) is 1.49. The lowest BCUT2D eigenvalue weighted by Crippen LogP contribution is -1.96. The minimum absolute atomic E-state index is 0.243. The zero-order valence-corrected chi connectivity index (χ0v) is 7.43. The molecule has 0 saturated heterocycles. The molecule has 0 aliphatic heterocycles. The molecule has 1 aromatic rings. The number of pyridine rings is 1. The maximum Gasteiger partial charge on any atom is 0.309 e. The monoisotopic (exact) mass is 177 g/mol. The van der Waals surface area contributed by atoms with Gasteiger partial charge in [-0.3, -0.25) is 9.78 Å². The maximum absolute atomic E-state index is 10.7. The number of carbonyl (C=O) groups excluding carboxylic acids is 1. The molecule has 1 aromatic heterocycles. The van der Waals surface area contributed by atoms with Crippen molar-refractivity contribution in [2.45, 2.75) is 6.42 Å². The van der Waals surface area contributed by atoms with E-state index in [0.29, 0.717) is 0 Å². The van der Waals surface area contributed by atoms with Crippen molar-refractivity contribution in [3.63, 3.8) is 0 Å². The van der Waals surface area contributed by atoms with Gasteiger partial charge in [-0.15, -0.1) is 0 Å². The average Bonchev–Trinajstić information content (AvgIpc) is 2.19. The van der Waals surface area contributed by atoms with Gasteiger partial charge in [0.25, 0.3) is 0 Å². The first kappa shape index (κ1) is 9.45. The zero-order chi connectivity index (χ0) is 9.52. The Morgan fingerprint density at radius 1 is 1.62 bits per heavy atom. The number of hydrogen-bond donors (Lipinski definition) is 0. The van der Waals surface area contributed by atoms with E-state index < -0.39 is 0 Å². The topological polar surface area (TPSA) is 39.2 Å². The summed E-state index contributed by atoms with van der Waals surface area (Å²) >= 11 is 0. The van der Waals surface area contributed by atoms with E-state index in [9.17, 15) is 4.79 Å².